The van der Waals surface area contributed by atoms with Crippen LogP contribution >= 0.6 is 23.2 Å². The van der Waals surface area contributed by atoms with Crippen molar-refractivity contribution in [3.05, 3.63) is 40.9 Å². The van der Waals surface area contributed by atoms with Crippen LogP contribution in [-0.4, -0.2) is 55.0 Å². The molecule has 1 amide bonds. The molecule has 1 fully saturated rings. The van der Waals surface area contributed by atoms with Crippen molar-refractivity contribution in [2.75, 3.05) is 44.6 Å². The number of halogens is 2. The van der Waals surface area contributed by atoms with Crippen LogP contribution in [0.15, 0.2) is 30.9 Å². The number of hydrogen-bond donors (Lipinski definition) is 1. The molecular formula is C16H21Cl2N3O. The van der Waals surface area contributed by atoms with Crippen molar-refractivity contribution < 1.29 is 4.79 Å². The summed E-state index contributed by atoms with van der Waals surface area (Å²) in [7, 11) is 0. The number of nitrogens with zero attached hydrogens (tertiary/aromatic N) is 2. The Kier molecular flexibility index (Phi) is 6.70. The number of benzene rings is 1. The van der Waals surface area contributed by atoms with Crippen LogP contribution in [0.2, 0.25) is 10.0 Å². The van der Waals surface area contributed by atoms with Crippen LogP contribution in [0.3, 0.4) is 0 Å². The normalized spacial score (nSPS) is 17.0. The van der Waals surface area contributed by atoms with Gasteiger partial charge in [-0.2, -0.15) is 0 Å². The zero-order chi connectivity index (χ0) is 15.9. The number of carbonyl (C=O) groups is 1. The third-order valence-corrected chi connectivity index (χ3v) is 4.02. The van der Waals surface area contributed by atoms with E-state index in [0.717, 1.165) is 39.1 Å². The van der Waals surface area contributed by atoms with Gasteiger partial charge < -0.3 is 5.32 Å². The second-order valence-corrected chi connectivity index (χ2v) is 6.30. The van der Waals surface area contributed by atoms with Crippen LogP contribution < -0.4 is 5.32 Å². The monoisotopic (exact) mass is 341 g/mol. The maximum absolute atomic E-state index is 12.2. The van der Waals surface area contributed by atoms with Gasteiger partial charge in [-0.15, -0.1) is 6.58 Å². The average Bonchev–Trinajstić information content (AvgIpc) is 2.63. The topological polar surface area (TPSA) is 35.6 Å². The van der Waals surface area contributed by atoms with Crippen LogP contribution in [0.4, 0.5) is 5.69 Å². The minimum Gasteiger partial charge on any atom is -0.325 e. The lowest BCUT2D eigenvalue weighted by Crippen LogP contribution is -2.36. The molecule has 1 heterocycles. The van der Waals surface area contributed by atoms with Gasteiger partial charge in [-0.1, -0.05) is 29.3 Å². The number of nitrogens with one attached hydrogen (secondary N) is 1. The highest BCUT2D eigenvalue weighted by molar-refractivity contribution is 6.35. The molecule has 4 nitrogen and oxygen atoms in total. The molecule has 6 heteroatoms. The molecular weight excluding hydrogens is 321 g/mol. The first kappa shape index (κ1) is 17.3. The summed E-state index contributed by atoms with van der Waals surface area (Å²) >= 11 is 11.9. The van der Waals surface area contributed by atoms with Crippen LogP contribution in [0.5, 0.6) is 0 Å². The van der Waals surface area contributed by atoms with E-state index in [4.69, 9.17) is 23.2 Å². The molecule has 0 bridgehead atoms. The highest BCUT2D eigenvalue weighted by Gasteiger charge is 2.16. The fourth-order valence-corrected chi connectivity index (χ4v) is 3.10. The van der Waals surface area contributed by atoms with Crippen molar-refractivity contribution in [3.63, 3.8) is 0 Å². The van der Waals surface area contributed by atoms with E-state index >= 15 is 0 Å². The maximum Gasteiger partial charge on any atom is 0.238 e. The molecule has 0 aliphatic carbocycles. The van der Waals surface area contributed by atoms with E-state index in [1.165, 1.54) is 0 Å². The molecule has 0 spiro atoms. The highest BCUT2D eigenvalue weighted by atomic mass is 35.5. The average molecular weight is 342 g/mol. The molecule has 1 aromatic rings. The van der Waals surface area contributed by atoms with Crippen LogP contribution in [-0.2, 0) is 4.79 Å². The molecule has 0 atom stereocenters. The minimum absolute atomic E-state index is 0.0458. The molecule has 1 aromatic carbocycles. The van der Waals surface area contributed by atoms with Crippen LogP contribution in [0, 0.1) is 0 Å². The van der Waals surface area contributed by atoms with E-state index in [2.05, 4.69) is 21.7 Å². The molecule has 0 saturated carbocycles. The Morgan fingerprint density at radius 3 is 2.45 bits per heavy atom. The van der Waals surface area contributed by atoms with E-state index in [0.29, 0.717) is 22.3 Å². The van der Waals surface area contributed by atoms with Gasteiger partial charge in [0.1, 0.15) is 0 Å². The van der Waals surface area contributed by atoms with Gasteiger partial charge in [0.05, 0.1) is 6.54 Å². The summed E-state index contributed by atoms with van der Waals surface area (Å²) in [6.45, 7) is 8.88. The third-order valence-electron chi connectivity index (χ3n) is 3.58. The summed E-state index contributed by atoms with van der Waals surface area (Å²) in [5, 5.41) is 3.87. The molecule has 120 valence electrons. The quantitative estimate of drug-likeness (QED) is 0.835. The fourth-order valence-electron chi connectivity index (χ4n) is 2.58. The number of amides is 1. The Labute approximate surface area is 141 Å². The number of carbonyl (C=O) groups excluding carboxylic acids is 1. The minimum atomic E-state index is -0.0458. The van der Waals surface area contributed by atoms with E-state index in [1.807, 2.05) is 6.08 Å². The van der Waals surface area contributed by atoms with Gasteiger partial charge >= 0.3 is 0 Å². The zero-order valence-corrected chi connectivity index (χ0v) is 14.0. The van der Waals surface area contributed by atoms with Crippen molar-refractivity contribution in [1.29, 1.82) is 0 Å². The largest absolute Gasteiger partial charge is 0.325 e. The second kappa shape index (κ2) is 8.53. The van der Waals surface area contributed by atoms with E-state index in [9.17, 15) is 4.79 Å². The number of rotatable bonds is 5. The van der Waals surface area contributed by atoms with E-state index in [1.54, 1.807) is 18.2 Å². The summed E-state index contributed by atoms with van der Waals surface area (Å²) < 4.78 is 0. The van der Waals surface area contributed by atoms with Gasteiger partial charge in [0.15, 0.2) is 0 Å². The molecule has 0 radical (unpaired) electrons. The van der Waals surface area contributed by atoms with Gasteiger partial charge in [-0.05, 0) is 37.7 Å². The van der Waals surface area contributed by atoms with Crippen molar-refractivity contribution >= 4 is 34.8 Å². The molecule has 2 rings (SSSR count). The molecule has 1 aliphatic heterocycles. The smallest absolute Gasteiger partial charge is 0.238 e. The first-order valence-corrected chi connectivity index (χ1v) is 8.14. The lowest BCUT2D eigenvalue weighted by molar-refractivity contribution is -0.117. The second-order valence-electron chi connectivity index (χ2n) is 5.43. The first-order chi connectivity index (χ1) is 10.6. The summed E-state index contributed by atoms with van der Waals surface area (Å²) in [5.41, 5.74) is 0.630. The predicted octanol–water partition coefficient (Wildman–Crippen LogP) is 3.13. The SMILES string of the molecule is C=CCN1CCCN(CC(=O)Nc2cc(Cl)cc(Cl)c2)CC1. The molecule has 1 N–H and O–H groups in total. The number of hydrogen-bond acceptors (Lipinski definition) is 3. The molecule has 0 unspecified atom stereocenters. The van der Waals surface area contributed by atoms with Crippen molar-refractivity contribution in [3.8, 4) is 0 Å². The standard InChI is InChI=1S/C16H21Cl2N3O/c1-2-4-20-5-3-6-21(8-7-20)12-16(22)19-15-10-13(17)9-14(18)11-15/h2,9-11H,1,3-8,12H2,(H,19,22). The zero-order valence-electron chi connectivity index (χ0n) is 12.5. The van der Waals surface area contributed by atoms with Gasteiger partial charge in [0.25, 0.3) is 0 Å². The van der Waals surface area contributed by atoms with Gasteiger partial charge in [0, 0.05) is 35.4 Å². The van der Waals surface area contributed by atoms with Gasteiger partial charge in [-0.25, -0.2) is 0 Å². The van der Waals surface area contributed by atoms with Crippen molar-refractivity contribution in [2.24, 2.45) is 0 Å². The molecule has 0 aromatic heterocycles. The summed E-state index contributed by atoms with van der Waals surface area (Å²) in [5.74, 6) is -0.0458. The van der Waals surface area contributed by atoms with Crippen molar-refractivity contribution in [2.45, 2.75) is 6.42 Å². The summed E-state index contributed by atoms with van der Waals surface area (Å²) in [6.07, 6.45) is 2.98. The Morgan fingerprint density at radius 1 is 1.14 bits per heavy atom. The Balaban J connectivity index is 1.85. The third kappa shape index (κ3) is 5.61. The Hall–Kier alpha value is -1.07. The Bertz CT molecular complexity index is 516. The van der Waals surface area contributed by atoms with E-state index < -0.39 is 0 Å². The highest BCUT2D eigenvalue weighted by Crippen LogP contribution is 2.22. The lowest BCUT2D eigenvalue weighted by atomic mass is 10.3. The maximum atomic E-state index is 12.2. The summed E-state index contributed by atoms with van der Waals surface area (Å²) in [4.78, 5) is 16.7. The van der Waals surface area contributed by atoms with Crippen LogP contribution in [0.25, 0.3) is 0 Å². The van der Waals surface area contributed by atoms with Crippen LogP contribution in [0.1, 0.15) is 6.42 Å². The van der Waals surface area contributed by atoms with Gasteiger partial charge in [-0.3, -0.25) is 14.6 Å². The lowest BCUT2D eigenvalue weighted by Gasteiger charge is -2.20. The molecule has 1 saturated heterocycles. The molecule has 22 heavy (non-hydrogen) atoms. The first-order valence-electron chi connectivity index (χ1n) is 7.38. The molecule has 1 aliphatic rings. The Morgan fingerprint density at radius 2 is 1.77 bits per heavy atom. The number of anilines is 1. The van der Waals surface area contributed by atoms with E-state index in [-0.39, 0.29) is 5.91 Å². The summed E-state index contributed by atoms with van der Waals surface area (Å²) in [6, 6.07) is 5.03. The fraction of sp³-hybridized carbons (Fsp3) is 0.438. The van der Waals surface area contributed by atoms with Gasteiger partial charge in [0.2, 0.25) is 5.91 Å². The predicted molar refractivity (Wildman–Crippen MR) is 92.8 cm³/mol. The van der Waals surface area contributed by atoms with Crippen molar-refractivity contribution in [1.82, 2.24) is 9.80 Å².